The van der Waals surface area contributed by atoms with Gasteiger partial charge in [-0.05, 0) is 30.7 Å². The molecule has 21 heavy (non-hydrogen) atoms. The third-order valence-corrected chi connectivity index (χ3v) is 3.08. The van der Waals surface area contributed by atoms with Crippen molar-refractivity contribution < 1.29 is 22.3 Å². The molecule has 0 aliphatic carbocycles. The van der Waals surface area contributed by atoms with Crippen molar-refractivity contribution in [3.8, 4) is 11.5 Å². The molecule has 0 unspecified atom stereocenters. The van der Waals surface area contributed by atoms with Crippen LogP contribution in [-0.4, -0.2) is 0 Å². The van der Waals surface area contributed by atoms with Crippen LogP contribution < -0.4 is 10.5 Å². The third-order valence-electron chi connectivity index (χ3n) is 2.80. The van der Waals surface area contributed by atoms with Crippen LogP contribution in [0.5, 0.6) is 11.5 Å². The summed E-state index contributed by atoms with van der Waals surface area (Å²) in [6, 6.07) is 5.53. The van der Waals surface area contributed by atoms with E-state index in [0.29, 0.717) is 17.8 Å². The summed E-state index contributed by atoms with van der Waals surface area (Å²) in [5.41, 5.74) is 5.70. The highest BCUT2D eigenvalue weighted by Crippen LogP contribution is 2.38. The Bertz CT molecular complexity index is 662. The number of ether oxygens (including phenoxy) is 1. The van der Waals surface area contributed by atoms with Crippen molar-refractivity contribution in [1.82, 2.24) is 0 Å². The van der Waals surface area contributed by atoms with Crippen molar-refractivity contribution in [1.29, 1.82) is 0 Å². The van der Waals surface area contributed by atoms with Gasteiger partial charge in [-0.15, -0.1) is 0 Å². The van der Waals surface area contributed by atoms with E-state index in [1.165, 1.54) is 12.1 Å². The minimum absolute atomic E-state index is 0.179. The van der Waals surface area contributed by atoms with Gasteiger partial charge in [0.05, 0.1) is 10.6 Å². The van der Waals surface area contributed by atoms with Crippen molar-refractivity contribution in [3.63, 3.8) is 0 Å². The molecule has 112 valence electrons. The Morgan fingerprint density at radius 3 is 2.33 bits per heavy atom. The second kappa shape index (κ2) is 5.44. The number of hydrogen-bond donors (Lipinski definition) is 1. The first-order chi connectivity index (χ1) is 9.68. The van der Waals surface area contributed by atoms with Gasteiger partial charge in [-0.3, -0.25) is 0 Å². The Labute approximate surface area is 123 Å². The zero-order valence-corrected chi connectivity index (χ0v) is 11.5. The van der Waals surface area contributed by atoms with E-state index in [9.17, 15) is 17.6 Å². The first-order valence-corrected chi connectivity index (χ1v) is 6.16. The number of nitrogen functional groups attached to an aromatic ring is 1. The van der Waals surface area contributed by atoms with Crippen LogP contribution in [0.4, 0.5) is 23.2 Å². The van der Waals surface area contributed by atoms with E-state index in [0.717, 1.165) is 5.56 Å². The molecule has 0 aliphatic heterocycles. The average Bonchev–Trinajstić information content (AvgIpc) is 2.36. The molecule has 0 aliphatic rings. The predicted octanol–water partition coefficient (Wildman–Crippen LogP) is 5.18. The number of nitrogens with two attached hydrogens (primary N) is 1. The molecule has 7 heteroatoms. The van der Waals surface area contributed by atoms with Crippen LogP contribution in [-0.2, 0) is 6.18 Å². The molecule has 0 fully saturated rings. The quantitative estimate of drug-likeness (QED) is 0.611. The molecule has 0 heterocycles. The molecular weight excluding hydrogens is 310 g/mol. The van der Waals surface area contributed by atoms with Gasteiger partial charge in [-0.2, -0.15) is 13.2 Å². The molecule has 0 aromatic heterocycles. The number of aryl methyl sites for hydroxylation is 1. The zero-order chi connectivity index (χ0) is 15.8. The van der Waals surface area contributed by atoms with Crippen molar-refractivity contribution in [2.75, 3.05) is 5.73 Å². The predicted molar refractivity (Wildman–Crippen MR) is 72.1 cm³/mol. The number of benzene rings is 2. The van der Waals surface area contributed by atoms with Crippen LogP contribution in [0.25, 0.3) is 0 Å². The smallest absolute Gasteiger partial charge is 0.416 e. The molecule has 0 atom stereocenters. The van der Waals surface area contributed by atoms with Gasteiger partial charge in [0.1, 0.15) is 5.75 Å². The Kier molecular flexibility index (Phi) is 4.00. The molecule has 2 nitrogen and oxygen atoms in total. The summed E-state index contributed by atoms with van der Waals surface area (Å²) in [7, 11) is 0. The second-order valence-corrected chi connectivity index (χ2v) is 4.79. The van der Waals surface area contributed by atoms with E-state index in [2.05, 4.69) is 0 Å². The topological polar surface area (TPSA) is 35.2 Å². The van der Waals surface area contributed by atoms with E-state index in [1.54, 1.807) is 13.0 Å². The minimum Gasteiger partial charge on any atom is -0.453 e. The largest absolute Gasteiger partial charge is 0.453 e. The molecule has 0 saturated heterocycles. The zero-order valence-electron chi connectivity index (χ0n) is 10.8. The Hall–Kier alpha value is -1.95. The van der Waals surface area contributed by atoms with Crippen molar-refractivity contribution in [2.45, 2.75) is 13.1 Å². The lowest BCUT2D eigenvalue weighted by Gasteiger charge is -2.13. The molecule has 0 amide bonds. The van der Waals surface area contributed by atoms with Gasteiger partial charge in [0, 0.05) is 11.8 Å². The monoisotopic (exact) mass is 319 g/mol. The van der Waals surface area contributed by atoms with Crippen molar-refractivity contribution in [3.05, 3.63) is 52.3 Å². The highest BCUT2D eigenvalue weighted by Gasteiger charge is 2.32. The Morgan fingerprint density at radius 1 is 1.14 bits per heavy atom. The molecule has 0 bridgehead atoms. The molecule has 0 spiro atoms. The Balaban J connectivity index is 2.39. The lowest BCUT2D eigenvalue weighted by molar-refractivity contribution is -0.137. The van der Waals surface area contributed by atoms with Crippen molar-refractivity contribution in [2.24, 2.45) is 0 Å². The highest BCUT2D eigenvalue weighted by molar-refractivity contribution is 6.32. The van der Waals surface area contributed by atoms with Crippen LogP contribution in [0.1, 0.15) is 11.1 Å². The molecule has 2 aromatic carbocycles. The van der Waals surface area contributed by atoms with Gasteiger partial charge in [0.2, 0.25) is 0 Å². The normalized spacial score (nSPS) is 11.5. The van der Waals surface area contributed by atoms with Crippen LogP contribution >= 0.6 is 11.6 Å². The fourth-order valence-electron chi connectivity index (χ4n) is 1.62. The first-order valence-electron chi connectivity index (χ1n) is 5.78. The van der Waals surface area contributed by atoms with Gasteiger partial charge < -0.3 is 10.5 Å². The van der Waals surface area contributed by atoms with Crippen molar-refractivity contribution >= 4 is 17.3 Å². The van der Waals surface area contributed by atoms with Gasteiger partial charge in [-0.1, -0.05) is 17.7 Å². The molecule has 2 aromatic rings. The Morgan fingerprint density at radius 2 is 1.81 bits per heavy atom. The second-order valence-electron chi connectivity index (χ2n) is 4.39. The number of hydrogen-bond acceptors (Lipinski definition) is 2. The van der Waals surface area contributed by atoms with E-state index in [4.69, 9.17) is 22.1 Å². The van der Waals surface area contributed by atoms with Gasteiger partial charge in [-0.25, -0.2) is 4.39 Å². The minimum atomic E-state index is -4.68. The fourth-order valence-corrected chi connectivity index (χ4v) is 1.87. The first kappa shape index (κ1) is 15.4. The molecule has 0 saturated carbocycles. The summed E-state index contributed by atoms with van der Waals surface area (Å²) in [6.07, 6.45) is -4.68. The van der Waals surface area contributed by atoms with Gasteiger partial charge in [0.25, 0.3) is 0 Å². The van der Waals surface area contributed by atoms with Crippen LogP contribution in [0.15, 0.2) is 30.3 Å². The number of halogens is 5. The number of anilines is 1. The lowest BCUT2D eigenvalue weighted by Crippen LogP contribution is -2.06. The lowest BCUT2D eigenvalue weighted by atomic mass is 10.2. The average molecular weight is 320 g/mol. The van der Waals surface area contributed by atoms with Crippen LogP contribution in [0, 0.1) is 12.7 Å². The standard InChI is InChI=1S/C14H10ClF4NO/c1-7-2-3-9(6-12(7)20)21-13-10(15)4-8(5-11(13)16)14(17,18)19/h2-6H,20H2,1H3. The summed E-state index contributed by atoms with van der Waals surface area (Å²) >= 11 is 5.67. The highest BCUT2D eigenvalue weighted by atomic mass is 35.5. The number of rotatable bonds is 2. The fraction of sp³-hybridized carbons (Fsp3) is 0.143. The molecule has 0 radical (unpaired) electrons. The van der Waals surface area contributed by atoms with Gasteiger partial charge >= 0.3 is 6.18 Å². The molecule has 2 rings (SSSR count). The number of alkyl halides is 3. The van der Waals surface area contributed by atoms with Gasteiger partial charge in [0.15, 0.2) is 11.6 Å². The van der Waals surface area contributed by atoms with Crippen LogP contribution in [0.2, 0.25) is 5.02 Å². The maximum atomic E-state index is 13.8. The van der Waals surface area contributed by atoms with E-state index in [1.807, 2.05) is 0 Å². The maximum absolute atomic E-state index is 13.8. The summed E-state index contributed by atoms with van der Waals surface area (Å²) < 4.78 is 56.5. The summed E-state index contributed by atoms with van der Waals surface area (Å²) in [5.74, 6) is -1.50. The van der Waals surface area contributed by atoms with E-state index < -0.39 is 28.3 Å². The SMILES string of the molecule is Cc1ccc(Oc2c(F)cc(C(F)(F)F)cc2Cl)cc1N. The maximum Gasteiger partial charge on any atom is 0.416 e. The summed E-state index contributed by atoms with van der Waals surface area (Å²) in [4.78, 5) is 0. The van der Waals surface area contributed by atoms with Crippen LogP contribution in [0.3, 0.4) is 0 Å². The summed E-state index contributed by atoms with van der Waals surface area (Å²) in [5, 5.41) is -0.471. The van der Waals surface area contributed by atoms with E-state index >= 15 is 0 Å². The third kappa shape index (κ3) is 3.39. The molecule has 2 N–H and O–H groups in total. The molecular formula is C14H10ClF4NO. The van der Waals surface area contributed by atoms with E-state index in [-0.39, 0.29) is 5.75 Å². The summed E-state index contributed by atoms with van der Waals surface area (Å²) in [6.45, 7) is 1.77.